The highest BCUT2D eigenvalue weighted by molar-refractivity contribution is 5.95. The number of carbonyl (C=O) groups is 3. The molecule has 35 heavy (non-hydrogen) atoms. The molecule has 12 heteroatoms. The second-order valence-electron chi connectivity index (χ2n) is 7.64. The molecule has 1 atom stereocenters. The zero-order valence-electron chi connectivity index (χ0n) is 19.1. The smallest absolute Gasteiger partial charge is 0.338 e. The summed E-state index contributed by atoms with van der Waals surface area (Å²) < 4.78 is 51.2. The van der Waals surface area contributed by atoms with Gasteiger partial charge in [0.05, 0.1) is 30.7 Å². The highest BCUT2D eigenvalue weighted by atomic mass is 19.2. The molecule has 0 radical (unpaired) electrons. The fraction of sp³-hybridized carbons (Fsp3) is 0.348. The summed E-state index contributed by atoms with van der Waals surface area (Å²) in [5.41, 5.74) is -0.201. The molecule has 188 valence electrons. The number of nitrogens with one attached hydrogen (secondary N) is 3. The maximum Gasteiger partial charge on any atom is 0.338 e. The second kappa shape index (κ2) is 11.6. The first kappa shape index (κ1) is 25.8. The van der Waals surface area contributed by atoms with Crippen LogP contribution in [0.1, 0.15) is 32.1 Å². The quantitative estimate of drug-likeness (QED) is 0.345. The Morgan fingerprint density at radius 3 is 2.60 bits per heavy atom. The van der Waals surface area contributed by atoms with Gasteiger partial charge in [0.25, 0.3) is 0 Å². The predicted octanol–water partition coefficient (Wildman–Crippen LogP) is 3.22. The normalized spacial score (nSPS) is 15.6. The second-order valence-corrected chi connectivity index (χ2v) is 7.64. The lowest BCUT2D eigenvalue weighted by molar-refractivity contribution is -0.139. The Labute approximate surface area is 199 Å². The third kappa shape index (κ3) is 6.21. The molecule has 1 unspecified atom stereocenters. The number of urea groups is 1. The molecular weight excluding hydrogens is 469 g/mol. The minimum absolute atomic E-state index is 0.0414. The molecule has 0 aliphatic carbocycles. The number of nitrogens with zero attached hydrogens (tertiary/aromatic N) is 1. The summed E-state index contributed by atoms with van der Waals surface area (Å²) in [5, 5.41) is 7.43. The van der Waals surface area contributed by atoms with Crippen molar-refractivity contribution < 1.29 is 36.7 Å². The summed E-state index contributed by atoms with van der Waals surface area (Å²) >= 11 is 0. The number of furan rings is 1. The maximum absolute atomic E-state index is 13.9. The van der Waals surface area contributed by atoms with Crippen LogP contribution < -0.4 is 16.0 Å². The van der Waals surface area contributed by atoms with E-state index >= 15 is 0 Å². The number of hydrogen-bond donors (Lipinski definition) is 3. The third-order valence-electron chi connectivity index (χ3n) is 5.07. The minimum atomic E-state index is -1.70. The Hall–Kier alpha value is -3.80. The first-order valence-electron chi connectivity index (χ1n) is 10.9. The number of ether oxygens (including phenoxy) is 1. The molecule has 0 fully saturated rings. The molecule has 9 nitrogen and oxygen atoms in total. The number of rotatable bonds is 10. The number of esters is 1. The van der Waals surface area contributed by atoms with E-state index in [2.05, 4.69) is 16.0 Å². The van der Waals surface area contributed by atoms with Crippen molar-refractivity contribution in [1.29, 1.82) is 0 Å². The Morgan fingerprint density at radius 1 is 1.17 bits per heavy atom. The van der Waals surface area contributed by atoms with E-state index in [0.717, 1.165) is 6.07 Å². The molecule has 3 rings (SSSR count). The SMILES string of the molecule is CCCN(CC(=O)Nc1ccc(F)c(F)c1F)CC1=C(C(=O)OCC)C(c2ccco2)NC(=O)N1. The van der Waals surface area contributed by atoms with Crippen LogP contribution in [0, 0.1) is 17.5 Å². The molecule has 0 saturated heterocycles. The van der Waals surface area contributed by atoms with Crippen molar-refractivity contribution in [3.8, 4) is 0 Å². The van der Waals surface area contributed by atoms with Gasteiger partial charge >= 0.3 is 12.0 Å². The van der Waals surface area contributed by atoms with Gasteiger partial charge in [0.15, 0.2) is 17.5 Å². The Bertz CT molecular complexity index is 1120. The van der Waals surface area contributed by atoms with Gasteiger partial charge in [0, 0.05) is 12.2 Å². The van der Waals surface area contributed by atoms with Crippen molar-refractivity contribution in [3.63, 3.8) is 0 Å². The van der Waals surface area contributed by atoms with Gasteiger partial charge in [-0.1, -0.05) is 6.92 Å². The summed E-state index contributed by atoms with van der Waals surface area (Å²) in [7, 11) is 0. The van der Waals surface area contributed by atoms with Crippen molar-refractivity contribution in [2.45, 2.75) is 26.3 Å². The average Bonchev–Trinajstić information content (AvgIpc) is 3.34. The number of anilines is 1. The number of amides is 3. The molecule has 0 bridgehead atoms. The molecule has 1 aromatic carbocycles. The van der Waals surface area contributed by atoms with Crippen LogP contribution in [-0.4, -0.2) is 49.0 Å². The van der Waals surface area contributed by atoms with Crippen LogP contribution in [0.4, 0.5) is 23.7 Å². The monoisotopic (exact) mass is 494 g/mol. The molecule has 1 aliphatic rings. The number of halogens is 3. The van der Waals surface area contributed by atoms with Crippen LogP contribution in [0.25, 0.3) is 0 Å². The van der Waals surface area contributed by atoms with Crippen molar-refractivity contribution in [2.75, 3.05) is 31.6 Å². The molecule has 3 N–H and O–H groups in total. The lowest BCUT2D eigenvalue weighted by Crippen LogP contribution is -2.49. The largest absolute Gasteiger partial charge is 0.467 e. The molecule has 1 aliphatic heterocycles. The molecule has 0 spiro atoms. The Balaban J connectivity index is 1.86. The molecule has 0 saturated carbocycles. The molecule has 2 heterocycles. The van der Waals surface area contributed by atoms with Crippen LogP contribution in [0.5, 0.6) is 0 Å². The van der Waals surface area contributed by atoms with Crippen molar-refractivity contribution in [1.82, 2.24) is 15.5 Å². The lowest BCUT2D eigenvalue weighted by Gasteiger charge is -2.31. The number of hydrogen-bond acceptors (Lipinski definition) is 6. The maximum atomic E-state index is 13.9. The topological polar surface area (TPSA) is 113 Å². The van der Waals surface area contributed by atoms with Crippen molar-refractivity contribution in [2.24, 2.45) is 0 Å². The summed E-state index contributed by atoms with van der Waals surface area (Å²) in [5.74, 6) is -5.66. The van der Waals surface area contributed by atoms with Crippen LogP contribution >= 0.6 is 0 Å². The van der Waals surface area contributed by atoms with Crippen molar-refractivity contribution >= 4 is 23.6 Å². The zero-order valence-corrected chi connectivity index (χ0v) is 19.1. The van der Waals surface area contributed by atoms with E-state index in [4.69, 9.17) is 9.15 Å². The van der Waals surface area contributed by atoms with E-state index in [1.807, 2.05) is 6.92 Å². The Kier molecular flexibility index (Phi) is 8.53. The van der Waals surface area contributed by atoms with E-state index in [0.29, 0.717) is 24.8 Å². The molecule has 3 amide bonds. The minimum Gasteiger partial charge on any atom is -0.467 e. The van der Waals surface area contributed by atoms with Crippen LogP contribution in [-0.2, 0) is 14.3 Å². The van der Waals surface area contributed by atoms with Crippen LogP contribution in [0.3, 0.4) is 0 Å². The summed E-state index contributed by atoms with van der Waals surface area (Å²) in [6.07, 6.45) is 2.00. The number of carbonyl (C=O) groups excluding carboxylic acids is 3. The number of benzene rings is 1. The Morgan fingerprint density at radius 2 is 1.94 bits per heavy atom. The highest BCUT2D eigenvalue weighted by Crippen LogP contribution is 2.28. The van der Waals surface area contributed by atoms with Gasteiger partial charge in [-0.3, -0.25) is 9.69 Å². The highest BCUT2D eigenvalue weighted by Gasteiger charge is 2.36. The summed E-state index contributed by atoms with van der Waals surface area (Å²) in [6.45, 7) is 3.62. The van der Waals surface area contributed by atoms with E-state index in [1.54, 1.807) is 24.0 Å². The van der Waals surface area contributed by atoms with Crippen molar-refractivity contribution in [3.05, 3.63) is 65.0 Å². The van der Waals surface area contributed by atoms with E-state index in [-0.39, 0.29) is 31.0 Å². The molecule has 2 aromatic rings. The van der Waals surface area contributed by atoms with Gasteiger partial charge in [-0.15, -0.1) is 0 Å². The third-order valence-corrected chi connectivity index (χ3v) is 5.07. The van der Waals surface area contributed by atoms with Gasteiger partial charge in [-0.05, 0) is 44.2 Å². The van der Waals surface area contributed by atoms with Gasteiger partial charge in [-0.25, -0.2) is 22.8 Å². The van der Waals surface area contributed by atoms with Gasteiger partial charge in [0.2, 0.25) is 5.91 Å². The van der Waals surface area contributed by atoms with E-state index in [1.165, 1.54) is 6.26 Å². The van der Waals surface area contributed by atoms with Crippen LogP contribution in [0.15, 0.2) is 46.2 Å². The van der Waals surface area contributed by atoms with E-state index in [9.17, 15) is 27.6 Å². The average molecular weight is 494 g/mol. The fourth-order valence-corrected chi connectivity index (χ4v) is 3.63. The first-order chi connectivity index (χ1) is 16.7. The first-order valence-corrected chi connectivity index (χ1v) is 10.9. The fourth-order valence-electron chi connectivity index (χ4n) is 3.63. The standard InChI is InChI=1S/C23H25F3N4O5/c1-3-9-30(12-17(31)27-14-8-7-13(24)19(25)20(14)26)11-15-18(22(32)34-4-2)21(29-23(33)28-15)16-6-5-10-35-16/h5-8,10,21H,3-4,9,11-12H2,1-2H3,(H,27,31)(H2,28,29,33). The van der Waals surface area contributed by atoms with Gasteiger partial charge in [0.1, 0.15) is 11.8 Å². The summed E-state index contributed by atoms with van der Waals surface area (Å²) in [6, 6.07) is 3.32. The zero-order chi connectivity index (χ0) is 25.5. The molecule has 1 aromatic heterocycles. The lowest BCUT2D eigenvalue weighted by atomic mass is 9.99. The van der Waals surface area contributed by atoms with Gasteiger partial charge in [-0.2, -0.15) is 0 Å². The van der Waals surface area contributed by atoms with E-state index < -0.39 is 47.1 Å². The van der Waals surface area contributed by atoms with Gasteiger partial charge < -0.3 is 25.1 Å². The predicted molar refractivity (Wildman–Crippen MR) is 118 cm³/mol. The molecular formula is C23H25F3N4O5. The van der Waals surface area contributed by atoms with Crippen LogP contribution in [0.2, 0.25) is 0 Å². The summed E-state index contributed by atoms with van der Waals surface area (Å²) in [4.78, 5) is 39.3.